The second kappa shape index (κ2) is 3.35. The molecule has 0 aromatic rings. The molecule has 0 N–H and O–H groups in total. The van der Waals surface area contributed by atoms with Crippen molar-refractivity contribution in [1.29, 1.82) is 0 Å². The molecular weight excluding hydrogens is 194 g/mol. The highest BCUT2D eigenvalue weighted by Crippen LogP contribution is 2.40. The third kappa shape index (κ3) is 2.37. The Bertz CT molecular complexity index is 174. The van der Waals surface area contributed by atoms with Crippen molar-refractivity contribution in [3.63, 3.8) is 0 Å². The average Bonchev–Trinajstić information content (AvgIpc) is 2.10. The van der Waals surface area contributed by atoms with Gasteiger partial charge in [0.25, 0.3) is 5.92 Å². The van der Waals surface area contributed by atoms with Crippen LogP contribution < -0.4 is 0 Å². The number of rotatable bonds is 2. The zero-order valence-electron chi connectivity index (χ0n) is 5.86. The van der Waals surface area contributed by atoms with Gasteiger partial charge in [0.05, 0.1) is 0 Å². The first-order valence-electron chi connectivity index (χ1n) is 3.45. The lowest BCUT2D eigenvalue weighted by atomic mass is 10.1. The average molecular weight is 203 g/mol. The van der Waals surface area contributed by atoms with E-state index in [-0.39, 0.29) is 12.2 Å². The van der Waals surface area contributed by atoms with Gasteiger partial charge in [-0.25, -0.2) is 13.0 Å². The van der Waals surface area contributed by atoms with Crippen molar-refractivity contribution in [2.24, 2.45) is 5.92 Å². The van der Waals surface area contributed by atoms with Crippen molar-refractivity contribution in [2.45, 2.75) is 25.2 Å². The van der Waals surface area contributed by atoms with Crippen LogP contribution in [0.1, 0.15) is 19.3 Å². The van der Waals surface area contributed by atoms with Crippen LogP contribution in [-0.2, 0) is 10.0 Å². The Balaban J connectivity index is 2.51. The molecule has 0 aromatic carbocycles. The van der Waals surface area contributed by atoms with Gasteiger partial charge in [0, 0.05) is 18.1 Å². The van der Waals surface area contributed by atoms with Crippen LogP contribution in [0.3, 0.4) is 0 Å². The van der Waals surface area contributed by atoms with Gasteiger partial charge in [-0.3, -0.25) is 0 Å². The first-order chi connectivity index (χ1) is 5.02. The molecule has 0 aromatic heterocycles. The lowest BCUT2D eigenvalue weighted by molar-refractivity contribution is -0.0284. The van der Waals surface area contributed by atoms with Crippen LogP contribution in [0.5, 0.6) is 0 Å². The zero-order valence-corrected chi connectivity index (χ0v) is 7.43. The lowest BCUT2D eigenvalue weighted by Crippen LogP contribution is -2.25. The minimum Gasteiger partial charge on any atom is -0.243 e. The van der Waals surface area contributed by atoms with Gasteiger partial charge in [-0.1, -0.05) is 0 Å². The monoisotopic (exact) mass is 202 g/mol. The smallest absolute Gasteiger partial charge is 0.243 e. The van der Waals surface area contributed by atoms with E-state index in [1.54, 1.807) is 0 Å². The summed E-state index contributed by atoms with van der Waals surface area (Å²) in [7, 11) is 3.51. The first kappa shape index (κ1) is 9.39. The Morgan fingerprint density at radius 3 is 2.64 bits per heavy atom. The second-order valence-electron chi connectivity index (χ2n) is 2.81. The molecule has 0 saturated heterocycles. The van der Waals surface area contributed by atoms with Crippen LogP contribution in [0.15, 0.2) is 0 Å². The number of halogens is 3. The van der Waals surface area contributed by atoms with Gasteiger partial charge in [-0.05, 0) is 23.5 Å². The van der Waals surface area contributed by atoms with Gasteiger partial charge >= 0.3 is 0 Å². The van der Waals surface area contributed by atoms with Crippen molar-refractivity contribution in [1.82, 2.24) is 0 Å². The molecule has 0 heterocycles. The van der Waals surface area contributed by atoms with E-state index in [9.17, 15) is 13.0 Å². The molecule has 1 fully saturated rings. The van der Waals surface area contributed by atoms with Gasteiger partial charge in [-0.2, -0.15) is 0 Å². The summed E-state index contributed by atoms with van der Waals surface area (Å²) in [6.45, 7) is 0. The molecule has 0 bridgehead atoms. The summed E-state index contributed by atoms with van der Waals surface area (Å²) in [4.78, 5) is 0. The molecule has 0 radical (unpaired) electrons. The van der Waals surface area contributed by atoms with Crippen LogP contribution >= 0.6 is 10.7 Å². The quantitative estimate of drug-likeness (QED) is 0.629. The van der Waals surface area contributed by atoms with Gasteiger partial charge in [0.1, 0.15) is 10.0 Å². The third-order valence-electron chi connectivity index (χ3n) is 1.99. The van der Waals surface area contributed by atoms with Crippen LogP contribution in [0.25, 0.3) is 0 Å². The summed E-state index contributed by atoms with van der Waals surface area (Å²) >= 11 is 0. The predicted octanol–water partition coefficient (Wildman–Crippen LogP) is 2.32. The zero-order chi connectivity index (χ0) is 8.48. The molecule has 1 nitrogen and oxygen atoms in total. The summed E-state index contributed by atoms with van der Waals surface area (Å²) in [6.07, 6.45) is 0.892. The Morgan fingerprint density at radius 2 is 2.27 bits per heavy atom. The third-order valence-corrected chi connectivity index (χ3v) is 3.03. The molecule has 0 amide bonds. The van der Waals surface area contributed by atoms with Crippen molar-refractivity contribution < 1.29 is 13.0 Å². The number of hydrogen-bond donors (Lipinski definition) is 0. The van der Waals surface area contributed by atoms with E-state index in [2.05, 4.69) is 0 Å². The van der Waals surface area contributed by atoms with Crippen LogP contribution in [0, 0.1) is 5.92 Å². The maximum absolute atomic E-state index is 12.8. The molecule has 66 valence electrons. The SMILES string of the molecule is O=S(Cl)CC1CCCC1(F)F. The molecule has 2 atom stereocenters. The van der Waals surface area contributed by atoms with Crippen LogP contribution in [0.4, 0.5) is 8.78 Å². The van der Waals surface area contributed by atoms with E-state index in [1.807, 2.05) is 0 Å². The number of alkyl halides is 2. The highest BCUT2D eigenvalue weighted by molar-refractivity contribution is 8.08. The molecular formula is C6H9ClF2OS. The summed E-state index contributed by atoms with van der Waals surface area (Å²) in [5, 5.41) is 0. The minimum atomic E-state index is -2.63. The van der Waals surface area contributed by atoms with Gasteiger partial charge in [0.2, 0.25) is 0 Å². The van der Waals surface area contributed by atoms with Crippen LogP contribution in [-0.4, -0.2) is 15.9 Å². The van der Waals surface area contributed by atoms with E-state index in [0.29, 0.717) is 12.8 Å². The normalized spacial score (nSPS) is 32.1. The van der Waals surface area contributed by atoms with Gasteiger partial charge in [-0.15, -0.1) is 0 Å². The highest BCUT2D eigenvalue weighted by Gasteiger charge is 2.44. The van der Waals surface area contributed by atoms with Gasteiger partial charge < -0.3 is 0 Å². The summed E-state index contributed by atoms with van der Waals surface area (Å²) in [5.74, 6) is -3.47. The molecule has 1 rings (SSSR count). The lowest BCUT2D eigenvalue weighted by Gasteiger charge is -2.16. The fourth-order valence-electron chi connectivity index (χ4n) is 1.36. The molecule has 0 aliphatic heterocycles. The van der Waals surface area contributed by atoms with Crippen molar-refractivity contribution in [3.8, 4) is 0 Å². The van der Waals surface area contributed by atoms with E-state index in [4.69, 9.17) is 10.7 Å². The van der Waals surface area contributed by atoms with Crippen molar-refractivity contribution in [3.05, 3.63) is 0 Å². The molecule has 1 saturated carbocycles. The summed E-state index contributed by atoms with van der Waals surface area (Å²) in [6, 6.07) is 0. The van der Waals surface area contributed by atoms with E-state index >= 15 is 0 Å². The minimum absolute atomic E-state index is 0.0748. The topological polar surface area (TPSA) is 17.1 Å². The Labute approximate surface area is 71.1 Å². The molecule has 1 aliphatic rings. The predicted molar refractivity (Wildman–Crippen MR) is 41.2 cm³/mol. The van der Waals surface area contributed by atoms with E-state index in [0.717, 1.165) is 0 Å². The highest BCUT2D eigenvalue weighted by atomic mass is 35.7. The molecule has 0 spiro atoms. The molecule has 2 unspecified atom stereocenters. The Kier molecular flexibility index (Phi) is 2.86. The molecule has 5 heteroatoms. The first-order valence-corrected chi connectivity index (χ1v) is 5.59. The fraction of sp³-hybridized carbons (Fsp3) is 1.00. The maximum Gasteiger partial charge on any atom is 0.251 e. The Morgan fingerprint density at radius 1 is 1.64 bits per heavy atom. The molecule has 11 heavy (non-hydrogen) atoms. The molecule has 1 aliphatic carbocycles. The van der Waals surface area contributed by atoms with Crippen molar-refractivity contribution in [2.75, 3.05) is 5.75 Å². The van der Waals surface area contributed by atoms with E-state index < -0.39 is 21.9 Å². The summed E-state index contributed by atoms with van der Waals surface area (Å²) in [5.41, 5.74) is 0. The van der Waals surface area contributed by atoms with Gasteiger partial charge in [0.15, 0.2) is 0 Å². The number of hydrogen-bond acceptors (Lipinski definition) is 1. The van der Waals surface area contributed by atoms with E-state index in [1.165, 1.54) is 0 Å². The van der Waals surface area contributed by atoms with Crippen LogP contribution in [0.2, 0.25) is 0 Å². The fourth-order valence-corrected chi connectivity index (χ4v) is 2.55. The standard InChI is InChI=1S/C6H9ClF2OS/c7-11(10)4-5-2-1-3-6(5,8)9/h5H,1-4H2. The Hall–Kier alpha value is 0.300. The largest absolute Gasteiger partial charge is 0.251 e. The van der Waals surface area contributed by atoms with Crippen molar-refractivity contribution >= 4 is 20.7 Å². The second-order valence-corrected chi connectivity index (χ2v) is 4.75. The maximum atomic E-state index is 12.8. The summed E-state index contributed by atoms with van der Waals surface area (Å²) < 4.78 is 36.0.